The molecule has 8 heteroatoms. The molecule has 128 valence electrons. The van der Waals surface area contributed by atoms with E-state index in [0.717, 1.165) is 19.4 Å². The zero-order valence-corrected chi connectivity index (χ0v) is 12.4. The highest BCUT2D eigenvalue weighted by molar-refractivity contribution is 5.69. The van der Waals surface area contributed by atoms with Crippen LogP contribution in [0.25, 0.3) is 0 Å². The molecule has 1 atom stereocenters. The second-order valence-corrected chi connectivity index (χ2v) is 5.47. The lowest BCUT2D eigenvalue weighted by atomic mass is 9.99. The lowest BCUT2D eigenvalue weighted by molar-refractivity contribution is -0.274. The zero-order valence-electron chi connectivity index (χ0n) is 12.4. The first kappa shape index (κ1) is 17.4. The van der Waals surface area contributed by atoms with Crippen LogP contribution in [0, 0.1) is 5.92 Å². The Bertz CT molecular complexity index is 536. The Hall–Kier alpha value is -1.96. The minimum Gasteiger partial charge on any atom is -0.493 e. The van der Waals surface area contributed by atoms with Crippen molar-refractivity contribution in [1.82, 2.24) is 4.90 Å². The molecular weight excluding hydrogens is 315 g/mol. The fourth-order valence-corrected chi connectivity index (χ4v) is 2.60. The van der Waals surface area contributed by atoms with Crippen LogP contribution in [-0.4, -0.2) is 48.6 Å². The third kappa shape index (κ3) is 6.35. The molecule has 0 aromatic heterocycles. The number of halogens is 3. The van der Waals surface area contributed by atoms with E-state index in [9.17, 15) is 18.0 Å². The van der Waals surface area contributed by atoms with Crippen LogP contribution in [0.2, 0.25) is 0 Å². The van der Waals surface area contributed by atoms with Gasteiger partial charge in [0, 0.05) is 18.5 Å². The highest BCUT2D eigenvalue weighted by Gasteiger charge is 2.31. The van der Waals surface area contributed by atoms with Crippen LogP contribution in [0.1, 0.15) is 12.8 Å². The predicted octanol–water partition coefficient (Wildman–Crippen LogP) is 2.76. The van der Waals surface area contributed by atoms with Crippen LogP contribution in [0.15, 0.2) is 24.3 Å². The summed E-state index contributed by atoms with van der Waals surface area (Å²) in [6.07, 6.45) is -2.97. The largest absolute Gasteiger partial charge is 0.573 e. The Labute approximate surface area is 131 Å². The monoisotopic (exact) mass is 333 g/mol. The molecule has 0 amide bonds. The van der Waals surface area contributed by atoms with Gasteiger partial charge in [0.05, 0.1) is 13.2 Å². The molecule has 1 aliphatic rings. The Morgan fingerprint density at radius 2 is 2.09 bits per heavy atom. The van der Waals surface area contributed by atoms with Crippen LogP contribution < -0.4 is 9.47 Å². The second kappa shape index (κ2) is 7.54. The highest BCUT2D eigenvalue weighted by atomic mass is 19.4. The van der Waals surface area contributed by atoms with Gasteiger partial charge in [0.15, 0.2) is 0 Å². The molecule has 1 aromatic rings. The van der Waals surface area contributed by atoms with Crippen LogP contribution in [0.3, 0.4) is 0 Å². The maximum absolute atomic E-state index is 12.2. The van der Waals surface area contributed by atoms with Gasteiger partial charge < -0.3 is 14.6 Å². The standard InChI is InChI=1S/C15H18F3NO4/c16-15(17,18)23-13-5-1-4-12(7-13)22-10-11-3-2-6-19(8-11)9-14(20)21/h1,4-5,7,11H,2-3,6,8-10H2,(H,20,21). The van der Waals surface area contributed by atoms with Gasteiger partial charge in [0.25, 0.3) is 0 Å². The van der Waals surface area contributed by atoms with Crippen molar-refractivity contribution in [1.29, 1.82) is 0 Å². The molecule has 23 heavy (non-hydrogen) atoms. The van der Waals surface area contributed by atoms with Gasteiger partial charge in [-0.25, -0.2) is 0 Å². The molecule has 0 bridgehead atoms. The van der Waals surface area contributed by atoms with Crippen LogP contribution >= 0.6 is 0 Å². The summed E-state index contributed by atoms with van der Waals surface area (Å²) in [5.41, 5.74) is 0. The predicted molar refractivity (Wildman–Crippen MR) is 75.4 cm³/mol. The summed E-state index contributed by atoms with van der Waals surface area (Å²) in [7, 11) is 0. The molecule has 0 radical (unpaired) electrons. The number of carboxylic acids is 1. The summed E-state index contributed by atoms with van der Waals surface area (Å²) in [4.78, 5) is 12.6. The number of hydrogen-bond donors (Lipinski definition) is 1. The first-order valence-electron chi connectivity index (χ1n) is 7.24. The molecule has 0 spiro atoms. The van der Waals surface area contributed by atoms with Crippen molar-refractivity contribution in [3.63, 3.8) is 0 Å². The number of rotatable bonds is 6. The van der Waals surface area contributed by atoms with Gasteiger partial charge in [-0.1, -0.05) is 6.07 Å². The van der Waals surface area contributed by atoms with E-state index in [0.29, 0.717) is 18.9 Å². The molecule has 1 aromatic carbocycles. The third-order valence-electron chi connectivity index (χ3n) is 3.49. The molecular formula is C15H18F3NO4. The van der Waals surface area contributed by atoms with E-state index in [1.807, 2.05) is 4.90 Å². The van der Waals surface area contributed by atoms with Crippen molar-refractivity contribution < 1.29 is 32.5 Å². The minimum atomic E-state index is -4.74. The highest BCUT2D eigenvalue weighted by Crippen LogP contribution is 2.26. The Morgan fingerprint density at radius 1 is 1.35 bits per heavy atom. The number of benzene rings is 1. The fourth-order valence-electron chi connectivity index (χ4n) is 2.60. The first-order valence-corrected chi connectivity index (χ1v) is 7.24. The quantitative estimate of drug-likeness (QED) is 0.867. The number of nitrogens with zero attached hydrogens (tertiary/aromatic N) is 1. The van der Waals surface area contributed by atoms with E-state index in [1.165, 1.54) is 18.2 Å². The van der Waals surface area contributed by atoms with E-state index >= 15 is 0 Å². The molecule has 2 rings (SSSR count). The molecule has 1 unspecified atom stereocenters. The maximum atomic E-state index is 12.2. The summed E-state index contributed by atoms with van der Waals surface area (Å²) < 4.78 is 45.9. The number of likely N-dealkylation sites (tertiary alicyclic amines) is 1. The number of ether oxygens (including phenoxy) is 2. The maximum Gasteiger partial charge on any atom is 0.573 e. The lowest BCUT2D eigenvalue weighted by Gasteiger charge is -2.31. The molecule has 0 saturated carbocycles. The van der Waals surface area contributed by atoms with Gasteiger partial charge in [-0.3, -0.25) is 9.69 Å². The zero-order chi connectivity index (χ0) is 16.9. The molecule has 1 aliphatic heterocycles. The SMILES string of the molecule is O=C(O)CN1CCCC(COc2cccc(OC(F)(F)F)c2)C1. The number of piperidine rings is 1. The normalized spacial score (nSPS) is 19.3. The van der Waals surface area contributed by atoms with Gasteiger partial charge >= 0.3 is 12.3 Å². The lowest BCUT2D eigenvalue weighted by Crippen LogP contribution is -2.40. The average Bonchev–Trinajstić information content (AvgIpc) is 2.43. The van der Waals surface area contributed by atoms with E-state index in [1.54, 1.807) is 6.07 Å². The summed E-state index contributed by atoms with van der Waals surface area (Å²) in [6.45, 7) is 1.65. The Kier molecular flexibility index (Phi) is 5.70. The molecule has 1 fully saturated rings. The second-order valence-electron chi connectivity index (χ2n) is 5.47. The van der Waals surface area contributed by atoms with Crippen molar-refractivity contribution in [3.05, 3.63) is 24.3 Å². The van der Waals surface area contributed by atoms with Crippen LogP contribution in [0.5, 0.6) is 11.5 Å². The van der Waals surface area contributed by atoms with Crippen molar-refractivity contribution >= 4 is 5.97 Å². The molecule has 5 nitrogen and oxygen atoms in total. The number of alkyl halides is 3. The molecule has 0 aliphatic carbocycles. The van der Waals surface area contributed by atoms with Gasteiger partial charge in [-0.15, -0.1) is 13.2 Å². The summed E-state index contributed by atoms with van der Waals surface area (Å²) in [5, 5.41) is 8.80. The topological polar surface area (TPSA) is 59.0 Å². The Balaban J connectivity index is 1.85. The Morgan fingerprint density at radius 3 is 2.78 bits per heavy atom. The number of carboxylic acid groups (broad SMARTS) is 1. The van der Waals surface area contributed by atoms with Gasteiger partial charge in [-0.2, -0.15) is 0 Å². The minimum absolute atomic E-state index is 0.00852. The third-order valence-corrected chi connectivity index (χ3v) is 3.49. The molecule has 1 heterocycles. The first-order chi connectivity index (χ1) is 10.8. The van der Waals surface area contributed by atoms with Gasteiger partial charge in [0.1, 0.15) is 11.5 Å². The summed E-state index contributed by atoms with van der Waals surface area (Å²) in [6, 6.07) is 5.37. The van der Waals surface area contributed by atoms with E-state index in [2.05, 4.69) is 4.74 Å². The summed E-state index contributed by atoms with van der Waals surface area (Å²) >= 11 is 0. The number of carbonyl (C=O) groups is 1. The van der Waals surface area contributed by atoms with Crippen molar-refractivity contribution in [2.24, 2.45) is 5.92 Å². The van der Waals surface area contributed by atoms with Crippen LogP contribution in [0.4, 0.5) is 13.2 Å². The molecule has 1 N–H and O–H groups in total. The average molecular weight is 333 g/mol. The number of aliphatic carboxylic acids is 1. The van der Waals surface area contributed by atoms with Crippen molar-refractivity contribution in [3.8, 4) is 11.5 Å². The van der Waals surface area contributed by atoms with Crippen molar-refractivity contribution in [2.75, 3.05) is 26.2 Å². The number of hydrogen-bond acceptors (Lipinski definition) is 4. The van der Waals surface area contributed by atoms with Crippen molar-refractivity contribution in [2.45, 2.75) is 19.2 Å². The smallest absolute Gasteiger partial charge is 0.493 e. The van der Waals surface area contributed by atoms with Crippen LogP contribution in [-0.2, 0) is 4.79 Å². The fraction of sp³-hybridized carbons (Fsp3) is 0.533. The molecule has 1 saturated heterocycles. The van der Waals surface area contributed by atoms with Gasteiger partial charge in [-0.05, 0) is 31.5 Å². The van der Waals surface area contributed by atoms with E-state index < -0.39 is 12.3 Å². The van der Waals surface area contributed by atoms with E-state index in [-0.39, 0.29) is 18.2 Å². The van der Waals surface area contributed by atoms with E-state index in [4.69, 9.17) is 9.84 Å². The summed E-state index contributed by atoms with van der Waals surface area (Å²) in [5.74, 6) is -0.757. The van der Waals surface area contributed by atoms with Gasteiger partial charge in [0.2, 0.25) is 0 Å².